The number of hydrogen-bond donors (Lipinski definition) is 0. The highest BCUT2D eigenvalue weighted by molar-refractivity contribution is 5.83. The summed E-state index contributed by atoms with van der Waals surface area (Å²) in [6.07, 6.45) is 1.11. The molecule has 2 aromatic rings. The largest absolute Gasteiger partial charge is 0.339 e. The molecule has 19 heavy (non-hydrogen) atoms. The van der Waals surface area contributed by atoms with Gasteiger partial charge in [-0.1, -0.05) is 36.3 Å². The highest BCUT2D eigenvalue weighted by atomic mass is 16.5. The highest BCUT2D eigenvalue weighted by Crippen LogP contribution is 2.17. The molecule has 0 bridgehead atoms. The second kappa shape index (κ2) is 5.78. The Labute approximate surface area is 112 Å². The van der Waals surface area contributed by atoms with E-state index in [0.717, 1.165) is 0 Å². The van der Waals surface area contributed by atoms with Crippen molar-refractivity contribution < 1.29 is 9.32 Å². The molecule has 0 aliphatic carbocycles. The van der Waals surface area contributed by atoms with Gasteiger partial charge in [-0.3, -0.25) is 4.79 Å². The van der Waals surface area contributed by atoms with Crippen molar-refractivity contribution in [1.29, 1.82) is 0 Å². The zero-order valence-corrected chi connectivity index (χ0v) is 11.5. The summed E-state index contributed by atoms with van der Waals surface area (Å²) in [5.41, 5.74) is 2.37. The van der Waals surface area contributed by atoms with E-state index in [9.17, 15) is 4.79 Å². The van der Waals surface area contributed by atoms with Crippen molar-refractivity contribution in [3.8, 4) is 0 Å². The minimum Gasteiger partial charge on any atom is -0.339 e. The average molecular weight is 258 g/mol. The lowest BCUT2D eigenvalue weighted by Crippen LogP contribution is -2.07. The fraction of sp³-hybridized carbons (Fsp3) is 0.400. The summed E-state index contributed by atoms with van der Waals surface area (Å²) in [5, 5.41) is 3.95. The van der Waals surface area contributed by atoms with Gasteiger partial charge >= 0.3 is 0 Å². The molecule has 100 valence electrons. The monoisotopic (exact) mass is 258 g/mol. The molecule has 2 rings (SSSR count). The van der Waals surface area contributed by atoms with Crippen molar-refractivity contribution in [2.24, 2.45) is 0 Å². The molecule has 1 atom stereocenters. The smallest absolute Gasteiger partial charge is 0.236 e. The third-order valence-corrected chi connectivity index (χ3v) is 3.30. The van der Waals surface area contributed by atoms with Gasteiger partial charge in [0.25, 0.3) is 0 Å². The molecule has 1 aromatic carbocycles. The molecule has 0 radical (unpaired) electrons. The summed E-state index contributed by atoms with van der Waals surface area (Å²) >= 11 is 0. The van der Waals surface area contributed by atoms with Crippen molar-refractivity contribution in [1.82, 2.24) is 10.1 Å². The van der Waals surface area contributed by atoms with E-state index in [-0.39, 0.29) is 11.7 Å². The summed E-state index contributed by atoms with van der Waals surface area (Å²) in [7, 11) is 0. The molecule has 0 fully saturated rings. The van der Waals surface area contributed by atoms with Crippen LogP contribution in [0.2, 0.25) is 0 Å². The second-order valence-corrected chi connectivity index (χ2v) is 4.69. The first kappa shape index (κ1) is 13.5. The van der Waals surface area contributed by atoms with Gasteiger partial charge in [0, 0.05) is 12.8 Å². The van der Waals surface area contributed by atoms with Crippen LogP contribution in [0.15, 0.2) is 28.8 Å². The molecular formula is C15H18N2O2. The molecule has 1 aromatic heterocycles. The molecule has 1 heterocycles. The zero-order valence-electron chi connectivity index (χ0n) is 11.5. The Morgan fingerprint density at radius 1 is 1.37 bits per heavy atom. The number of rotatable bonds is 5. The number of aromatic nitrogens is 2. The first-order chi connectivity index (χ1) is 9.11. The van der Waals surface area contributed by atoms with Crippen LogP contribution < -0.4 is 0 Å². The molecule has 0 aliphatic heterocycles. The molecule has 1 unspecified atom stereocenters. The van der Waals surface area contributed by atoms with Crippen LogP contribution in [0.5, 0.6) is 0 Å². The van der Waals surface area contributed by atoms with Crippen LogP contribution in [0.3, 0.4) is 0 Å². The topological polar surface area (TPSA) is 56.0 Å². The maximum atomic E-state index is 11.6. The van der Waals surface area contributed by atoms with E-state index < -0.39 is 0 Å². The molecular weight excluding hydrogens is 240 g/mol. The second-order valence-electron chi connectivity index (χ2n) is 4.69. The van der Waals surface area contributed by atoms with Gasteiger partial charge in [0.1, 0.15) is 5.78 Å². The van der Waals surface area contributed by atoms with Gasteiger partial charge in [-0.25, -0.2) is 0 Å². The number of carbonyl (C=O) groups excluding carboxylic acids is 1. The fourth-order valence-corrected chi connectivity index (χ4v) is 1.94. The lowest BCUT2D eigenvalue weighted by atomic mass is 10.0. The number of nitrogens with zero attached hydrogens (tertiary/aromatic N) is 2. The van der Waals surface area contributed by atoms with Crippen LogP contribution in [-0.2, 0) is 11.2 Å². The Kier molecular flexibility index (Phi) is 4.10. The number of hydrogen-bond acceptors (Lipinski definition) is 4. The zero-order chi connectivity index (χ0) is 13.8. The van der Waals surface area contributed by atoms with Crippen molar-refractivity contribution in [3.63, 3.8) is 0 Å². The van der Waals surface area contributed by atoms with Gasteiger partial charge in [0.15, 0.2) is 5.82 Å². The minimum atomic E-state index is -0.317. The fourth-order valence-electron chi connectivity index (χ4n) is 1.94. The van der Waals surface area contributed by atoms with E-state index in [1.807, 2.05) is 25.1 Å². The number of ketones is 1. The summed E-state index contributed by atoms with van der Waals surface area (Å²) in [6, 6.07) is 8.10. The van der Waals surface area contributed by atoms with Crippen molar-refractivity contribution >= 4 is 5.78 Å². The average Bonchev–Trinajstić information content (AvgIpc) is 2.88. The number of benzene rings is 1. The van der Waals surface area contributed by atoms with Crippen LogP contribution in [-0.4, -0.2) is 15.9 Å². The molecule has 0 saturated carbocycles. The molecule has 0 N–H and O–H groups in total. The normalized spacial score (nSPS) is 12.4. The molecule has 0 amide bonds. The quantitative estimate of drug-likeness (QED) is 0.827. The lowest BCUT2D eigenvalue weighted by Gasteiger charge is -2.02. The first-order valence-electron chi connectivity index (χ1n) is 6.51. The van der Waals surface area contributed by atoms with Gasteiger partial charge in [0.05, 0.1) is 5.92 Å². The Bertz CT molecular complexity index is 575. The number of Topliss-reactive ketones (excluding diaryl/α,β-unsaturated/α-hetero) is 1. The molecule has 0 saturated heterocycles. The third-order valence-electron chi connectivity index (χ3n) is 3.30. The third kappa shape index (κ3) is 3.08. The SMILES string of the molecule is CCC(=O)C(C)c1nc(Cc2ccccc2C)no1. The Morgan fingerprint density at radius 3 is 2.79 bits per heavy atom. The Hall–Kier alpha value is -1.97. The van der Waals surface area contributed by atoms with Gasteiger partial charge < -0.3 is 4.52 Å². The molecule has 4 heteroatoms. The summed E-state index contributed by atoms with van der Waals surface area (Å²) in [4.78, 5) is 15.9. The summed E-state index contributed by atoms with van der Waals surface area (Å²) in [6.45, 7) is 5.69. The van der Waals surface area contributed by atoms with Gasteiger partial charge in [-0.2, -0.15) is 4.98 Å². The standard InChI is InChI=1S/C15H18N2O2/c1-4-13(18)11(3)15-16-14(17-19-15)9-12-8-6-5-7-10(12)2/h5-8,11H,4,9H2,1-3H3. The van der Waals surface area contributed by atoms with Crippen LogP contribution >= 0.6 is 0 Å². The highest BCUT2D eigenvalue weighted by Gasteiger charge is 2.20. The summed E-state index contributed by atoms with van der Waals surface area (Å²) < 4.78 is 5.18. The maximum Gasteiger partial charge on any atom is 0.236 e. The van der Waals surface area contributed by atoms with E-state index in [2.05, 4.69) is 23.1 Å². The van der Waals surface area contributed by atoms with Crippen LogP contribution in [0, 0.1) is 6.92 Å². The van der Waals surface area contributed by atoms with Gasteiger partial charge in [0.2, 0.25) is 5.89 Å². The van der Waals surface area contributed by atoms with Gasteiger partial charge in [-0.05, 0) is 25.0 Å². The Balaban J connectivity index is 2.14. The minimum absolute atomic E-state index is 0.117. The van der Waals surface area contributed by atoms with E-state index in [1.54, 1.807) is 6.92 Å². The van der Waals surface area contributed by atoms with E-state index in [0.29, 0.717) is 24.6 Å². The van der Waals surface area contributed by atoms with Gasteiger partial charge in [-0.15, -0.1) is 0 Å². The van der Waals surface area contributed by atoms with Crippen LogP contribution in [0.25, 0.3) is 0 Å². The van der Waals surface area contributed by atoms with Crippen molar-refractivity contribution in [3.05, 3.63) is 47.1 Å². The summed E-state index contributed by atoms with van der Waals surface area (Å²) in [5.74, 6) is 0.838. The predicted octanol–water partition coefficient (Wildman–Crippen LogP) is 3.05. The molecule has 0 aliphatic rings. The van der Waals surface area contributed by atoms with Crippen LogP contribution in [0.1, 0.15) is 49.0 Å². The predicted molar refractivity (Wildman–Crippen MR) is 72.0 cm³/mol. The lowest BCUT2D eigenvalue weighted by molar-refractivity contribution is -0.120. The molecule has 0 spiro atoms. The van der Waals surface area contributed by atoms with E-state index >= 15 is 0 Å². The maximum absolute atomic E-state index is 11.6. The van der Waals surface area contributed by atoms with Crippen LogP contribution in [0.4, 0.5) is 0 Å². The van der Waals surface area contributed by atoms with Crippen molar-refractivity contribution in [2.75, 3.05) is 0 Å². The first-order valence-corrected chi connectivity index (χ1v) is 6.51. The number of aryl methyl sites for hydroxylation is 1. The van der Waals surface area contributed by atoms with E-state index in [4.69, 9.17) is 4.52 Å². The van der Waals surface area contributed by atoms with Crippen molar-refractivity contribution in [2.45, 2.75) is 39.5 Å². The Morgan fingerprint density at radius 2 is 2.11 bits per heavy atom. The molecule has 4 nitrogen and oxygen atoms in total. The number of carbonyl (C=O) groups is 1. The van der Waals surface area contributed by atoms with E-state index in [1.165, 1.54) is 11.1 Å².